The van der Waals surface area contributed by atoms with Crippen molar-refractivity contribution >= 4 is 17.7 Å². The molecule has 0 atom stereocenters. The molecule has 0 aliphatic carbocycles. The molecule has 4 heteroatoms. The maximum Gasteiger partial charge on any atom is 0.221 e. The highest BCUT2D eigenvalue weighted by molar-refractivity contribution is 6.37. The fourth-order valence-corrected chi connectivity index (χ4v) is 4.18. The lowest BCUT2D eigenvalue weighted by atomic mass is 9.90. The third-order valence-corrected chi connectivity index (χ3v) is 5.57. The zero-order valence-corrected chi connectivity index (χ0v) is 19.3. The number of aliphatic imine (C=N–C) groups is 1. The summed E-state index contributed by atoms with van der Waals surface area (Å²) in [4.78, 5) is 22.5. The molecule has 0 unspecified atom stereocenters. The van der Waals surface area contributed by atoms with Crippen molar-refractivity contribution in [3.63, 3.8) is 0 Å². The number of Topliss-reactive ketones (excluding diaryl/α,β-unsaturated/α-hetero) is 1. The van der Waals surface area contributed by atoms with Crippen LogP contribution in [-0.2, 0) is 0 Å². The van der Waals surface area contributed by atoms with Gasteiger partial charge in [-0.25, -0.2) is 4.98 Å². The summed E-state index contributed by atoms with van der Waals surface area (Å²) in [6, 6.07) is 23.9. The molecule has 0 saturated heterocycles. The molecular weight excluding hydrogens is 408 g/mol. The number of methoxy groups -OCH3 is 1. The van der Waals surface area contributed by atoms with E-state index in [-0.39, 0.29) is 5.78 Å². The third-order valence-electron chi connectivity index (χ3n) is 5.57. The minimum atomic E-state index is -0.208. The Morgan fingerprint density at radius 1 is 0.848 bits per heavy atom. The summed E-state index contributed by atoms with van der Waals surface area (Å²) in [5.41, 5.74) is 7.96. The maximum absolute atomic E-state index is 13.5. The van der Waals surface area contributed by atoms with Gasteiger partial charge in [-0.05, 0) is 43.0 Å². The van der Waals surface area contributed by atoms with Gasteiger partial charge < -0.3 is 4.74 Å². The average Bonchev–Trinajstić information content (AvgIpc) is 2.83. The Balaban J connectivity index is 1.90. The summed E-state index contributed by atoms with van der Waals surface area (Å²) in [7, 11) is 1.59. The summed E-state index contributed by atoms with van der Waals surface area (Å²) >= 11 is 0. The summed E-state index contributed by atoms with van der Waals surface area (Å²) in [6.07, 6.45) is 2.98. The molecule has 0 radical (unpaired) electrons. The van der Waals surface area contributed by atoms with Gasteiger partial charge in [0, 0.05) is 11.8 Å². The van der Waals surface area contributed by atoms with Crippen LogP contribution in [0.25, 0.3) is 22.3 Å². The number of rotatable bonds is 6. The monoisotopic (exact) mass is 434 g/mol. The van der Waals surface area contributed by atoms with E-state index in [0.717, 1.165) is 39.1 Å². The fourth-order valence-electron chi connectivity index (χ4n) is 4.18. The van der Waals surface area contributed by atoms with Gasteiger partial charge in [0.1, 0.15) is 0 Å². The lowest BCUT2D eigenvalue weighted by molar-refractivity contribution is 0.107. The van der Waals surface area contributed by atoms with Gasteiger partial charge in [-0.2, -0.15) is 0 Å². The largest absolute Gasteiger partial charge is 0.481 e. The lowest BCUT2D eigenvalue weighted by Crippen LogP contribution is -2.07. The van der Waals surface area contributed by atoms with Crippen molar-refractivity contribution in [1.29, 1.82) is 0 Å². The van der Waals surface area contributed by atoms with Crippen LogP contribution >= 0.6 is 0 Å². The molecule has 0 bridgehead atoms. The van der Waals surface area contributed by atoms with Crippen LogP contribution in [0.15, 0.2) is 84.0 Å². The summed E-state index contributed by atoms with van der Waals surface area (Å²) in [6.45, 7) is 6.07. The second-order valence-electron chi connectivity index (χ2n) is 8.03. The van der Waals surface area contributed by atoms with Crippen LogP contribution in [0, 0.1) is 20.8 Å². The van der Waals surface area contributed by atoms with E-state index in [2.05, 4.69) is 29.0 Å². The number of pyridine rings is 1. The van der Waals surface area contributed by atoms with Crippen LogP contribution in [0.2, 0.25) is 0 Å². The molecule has 4 rings (SSSR count). The Morgan fingerprint density at radius 3 is 1.94 bits per heavy atom. The van der Waals surface area contributed by atoms with E-state index < -0.39 is 0 Å². The van der Waals surface area contributed by atoms with Crippen molar-refractivity contribution in [3.05, 3.63) is 101 Å². The first kappa shape index (κ1) is 22.2. The molecule has 0 aliphatic heterocycles. The quantitative estimate of drug-likeness (QED) is 0.244. The van der Waals surface area contributed by atoms with E-state index in [4.69, 9.17) is 4.74 Å². The van der Waals surface area contributed by atoms with Gasteiger partial charge in [0.15, 0.2) is 0 Å². The molecule has 33 heavy (non-hydrogen) atoms. The molecule has 0 spiro atoms. The lowest BCUT2D eigenvalue weighted by Gasteiger charge is -2.17. The second-order valence-corrected chi connectivity index (χ2v) is 8.03. The van der Waals surface area contributed by atoms with Crippen molar-refractivity contribution in [2.75, 3.05) is 7.11 Å². The van der Waals surface area contributed by atoms with Crippen molar-refractivity contribution in [2.45, 2.75) is 20.8 Å². The van der Waals surface area contributed by atoms with Crippen molar-refractivity contribution in [3.8, 4) is 28.1 Å². The van der Waals surface area contributed by atoms with Crippen LogP contribution in [0.5, 0.6) is 5.88 Å². The van der Waals surface area contributed by atoms with E-state index in [1.165, 1.54) is 11.8 Å². The van der Waals surface area contributed by atoms with Crippen molar-refractivity contribution in [2.24, 2.45) is 4.99 Å². The molecule has 4 nitrogen and oxygen atoms in total. The third kappa shape index (κ3) is 4.60. The van der Waals surface area contributed by atoms with Gasteiger partial charge in [0.2, 0.25) is 11.7 Å². The first-order valence-corrected chi connectivity index (χ1v) is 10.8. The molecule has 3 aromatic carbocycles. The number of ketones is 1. The first-order chi connectivity index (χ1) is 16.0. The normalized spacial score (nSPS) is 11.0. The van der Waals surface area contributed by atoms with Gasteiger partial charge in [-0.15, -0.1) is 0 Å². The van der Waals surface area contributed by atoms with E-state index in [9.17, 15) is 4.79 Å². The summed E-state index contributed by atoms with van der Waals surface area (Å²) in [5.74, 6) is 0.263. The number of nitrogens with zero attached hydrogens (tertiary/aromatic N) is 2. The number of hydrogen-bond donors (Lipinski definition) is 0. The molecule has 164 valence electrons. The average molecular weight is 435 g/mol. The predicted molar refractivity (Wildman–Crippen MR) is 135 cm³/mol. The summed E-state index contributed by atoms with van der Waals surface area (Å²) in [5, 5.41) is 0. The van der Waals surface area contributed by atoms with Gasteiger partial charge in [-0.1, -0.05) is 78.4 Å². The Hall–Kier alpha value is -4.05. The van der Waals surface area contributed by atoms with Crippen molar-refractivity contribution < 1.29 is 9.53 Å². The SMILES string of the molecule is COc1ncc(C(=O)C=Nc2c(C)cc(C)cc2C)c(-c2ccccc2)c1-c1ccccc1. The standard InChI is InChI=1S/C29H26N2O2/c1-19-15-20(2)28(21(3)16-19)30-18-25(32)24-17-31-29(33-4)27(23-13-9-6-10-14-23)26(24)22-11-7-5-8-12-22/h5-18H,1-4H3. The van der Waals surface area contributed by atoms with Gasteiger partial charge >= 0.3 is 0 Å². The van der Waals surface area contributed by atoms with Crippen LogP contribution < -0.4 is 4.74 Å². The zero-order valence-electron chi connectivity index (χ0n) is 19.3. The molecule has 0 aliphatic rings. The molecule has 0 amide bonds. The number of aromatic nitrogens is 1. The molecule has 0 N–H and O–H groups in total. The van der Waals surface area contributed by atoms with E-state index in [1.54, 1.807) is 13.3 Å². The number of benzene rings is 3. The molecule has 1 heterocycles. The van der Waals surface area contributed by atoms with Gasteiger partial charge in [0.05, 0.1) is 30.1 Å². The van der Waals surface area contributed by atoms with Crippen LogP contribution in [0.1, 0.15) is 27.0 Å². The second kappa shape index (κ2) is 9.61. The molecule has 4 aromatic rings. The maximum atomic E-state index is 13.5. The predicted octanol–water partition coefficient (Wildman–Crippen LogP) is 6.93. The highest BCUT2D eigenvalue weighted by Gasteiger charge is 2.22. The topological polar surface area (TPSA) is 51.5 Å². The number of hydrogen-bond acceptors (Lipinski definition) is 4. The highest BCUT2D eigenvalue weighted by Crippen LogP contribution is 2.40. The molecule has 1 aromatic heterocycles. The number of carbonyl (C=O) groups excluding carboxylic acids is 1. The minimum absolute atomic E-state index is 0.208. The zero-order chi connectivity index (χ0) is 23.4. The fraction of sp³-hybridized carbons (Fsp3) is 0.138. The molecule has 0 saturated carbocycles. The highest BCUT2D eigenvalue weighted by atomic mass is 16.5. The molecular formula is C29H26N2O2. The van der Waals surface area contributed by atoms with Crippen LogP contribution in [-0.4, -0.2) is 24.1 Å². The van der Waals surface area contributed by atoms with Crippen LogP contribution in [0.4, 0.5) is 5.69 Å². The number of aryl methyl sites for hydroxylation is 3. The smallest absolute Gasteiger partial charge is 0.221 e. The van der Waals surface area contributed by atoms with Crippen LogP contribution in [0.3, 0.4) is 0 Å². The first-order valence-electron chi connectivity index (χ1n) is 10.8. The molecule has 0 fully saturated rings. The Labute approximate surface area is 194 Å². The number of ether oxygens (including phenoxy) is 1. The Bertz CT molecular complexity index is 1300. The van der Waals surface area contributed by atoms with Gasteiger partial charge in [0.25, 0.3) is 0 Å². The minimum Gasteiger partial charge on any atom is -0.481 e. The summed E-state index contributed by atoms with van der Waals surface area (Å²) < 4.78 is 5.61. The van der Waals surface area contributed by atoms with E-state index in [0.29, 0.717) is 11.4 Å². The Kier molecular flexibility index (Phi) is 6.45. The van der Waals surface area contributed by atoms with E-state index in [1.807, 2.05) is 74.5 Å². The Morgan fingerprint density at radius 2 is 1.39 bits per heavy atom. The van der Waals surface area contributed by atoms with Crippen molar-refractivity contribution in [1.82, 2.24) is 4.98 Å². The van der Waals surface area contributed by atoms with Gasteiger partial charge in [-0.3, -0.25) is 9.79 Å². The number of carbonyl (C=O) groups is 1. The van der Waals surface area contributed by atoms with E-state index >= 15 is 0 Å².